The number of aromatic nitrogens is 1. The molecular formula is C15H20N2S. The molecule has 0 spiro atoms. The Balaban J connectivity index is 2.24. The zero-order valence-corrected chi connectivity index (χ0v) is 12.3. The van der Waals surface area contributed by atoms with Crippen LogP contribution in [0.4, 0.5) is 5.13 Å². The van der Waals surface area contributed by atoms with E-state index in [1.165, 1.54) is 21.6 Å². The summed E-state index contributed by atoms with van der Waals surface area (Å²) < 4.78 is 0. The van der Waals surface area contributed by atoms with Crippen LogP contribution in [0.15, 0.2) is 24.4 Å². The molecule has 0 saturated carbocycles. The zero-order valence-electron chi connectivity index (χ0n) is 11.4. The molecule has 0 aliphatic carbocycles. The topological polar surface area (TPSA) is 24.9 Å². The minimum absolute atomic E-state index is 0.637. The first kappa shape index (κ1) is 13.1. The van der Waals surface area contributed by atoms with Gasteiger partial charge in [-0.3, -0.25) is 0 Å². The number of rotatable bonds is 4. The molecule has 0 radical (unpaired) electrons. The van der Waals surface area contributed by atoms with Gasteiger partial charge in [-0.1, -0.05) is 43.4 Å². The smallest absolute Gasteiger partial charge is 0.183 e. The van der Waals surface area contributed by atoms with E-state index in [-0.39, 0.29) is 0 Å². The summed E-state index contributed by atoms with van der Waals surface area (Å²) in [5.41, 5.74) is 3.95. The van der Waals surface area contributed by atoms with Crippen molar-refractivity contribution in [3.05, 3.63) is 35.5 Å². The number of hydrogen-bond donors (Lipinski definition) is 1. The molecule has 2 rings (SSSR count). The SMILES string of the molecule is Cc1cccc(C)c1-c1cnc(NCC(C)C)s1. The summed E-state index contributed by atoms with van der Waals surface area (Å²) in [6.07, 6.45) is 1.97. The summed E-state index contributed by atoms with van der Waals surface area (Å²) in [5, 5.41) is 4.40. The normalized spacial score (nSPS) is 10.9. The maximum Gasteiger partial charge on any atom is 0.183 e. The first-order valence-electron chi connectivity index (χ1n) is 6.34. The quantitative estimate of drug-likeness (QED) is 0.875. The van der Waals surface area contributed by atoms with Crippen molar-refractivity contribution in [1.29, 1.82) is 0 Å². The zero-order chi connectivity index (χ0) is 13.1. The molecule has 0 bridgehead atoms. The molecule has 1 aromatic carbocycles. The molecule has 2 aromatic rings. The predicted octanol–water partition coefficient (Wildman–Crippen LogP) is 4.49. The van der Waals surface area contributed by atoms with Crippen LogP contribution in [-0.4, -0.2) is 11.5 Å². The summed E-state index contributed by atoms with van der Waals surface area (Å²) in [5.74, 6) is 0.637. The third-order valence-electron chi connectivity index (χ3n) is 2.89. The van der Waals surface area contributed by atoms with Crippen LogP contribution in [0.2, 0.25) is 0 Å². The van der Waals surface area contributed by atoms with Crippen LogP contribution >= 0.6 is 11.3 Å². The molecule has 18 heavy (non-hydrogen) atoms. The number of benzene rings is 1. The fourth-order valence-corrected chi connectivity index (χ4v) is 2.96. The van der Waals surface area contributed by atoms with Crippen LogP contribution in [0.5, 0.6) is 0 Å². The van der Waals surface area contributed by atoms with E-state index in [0.717, 1.165) is 11.7 Å². The number of aryl methyl sites for hydroxylation is 2. The average Bonchev–Trinajstić information content (AvgIpc) is 2.75. The number of anilines is 1. The lowest BCUT2D eigenvalue weighted by Crippen LogP contribution is -2.07. The highest BCUT2D eigenvalue weighted by molar-refractivity contribution is 7.18. The molecule has 0 saturated heterocycles. The Labute approximate surface area is 113 Å². The van der Waals surface area contributed by atoms with Crippen molar-refractivity contribution in [2.75, 3.05) is 11.9 Å². The number of thiazole rings is 1. The van der Waals surface area contributed by atoms with Crippen molar-refractivity contribution < 1.29 is 0 Å². The molecule has 1 aromatic heterocycles. The Bertz CT molecular complexity index is 509. The van der Waals surface area contributed by atoms with E-state index in [1.54, 1.807) is 11.3 Å². The van der Waals surface area contributed by atoms with Crippen molar-refractivity contribution in [1.82, 2.24) is 4.98 Å². The lowest BCUT2D eigenvalue weighted by molar-refractivity contribution is 0.688. The van der Waals surface area contributed by atoms with E-state index in [2.05, 4.69) is 56.2 Å². The molecule has 0 atom stereocenters. The molecule has 0 amide bonds. The van der Waals surface area contributed by atoms with Crippen LogP contribution in [0.3, 0.4) is 0 Å². The largest absolute Gasteiger partial charge is 0.361 e. The highest BCUT2D eigenvalue weighted by atomic mass is 32.1. The number of hydrogen-bond acceptors (Lipinski definition) is 3. The summed E-state index contributed by atoms with van der Waals surface area (Å²) in [6.45, 7) is 9.69. The third kappa shape index (κ3) is 2.91. The summed E-state index contributed by atoms with van der Waals surface area (Å²) >= 11 is 1.73. The van der Waals surface area contributed by atoms with Gasteiger partial charge in [0, 0.05) is 12.7 Å². The van der Waals surface area contributed by atoms with Crippen LogP contribution in [0.1, 0.15) is 25.0 Å². The van der Waals surface area contributed by atoms with Crippen LogP contribution in [-0.2, 0) is 0 Å². The fraction of sp³-hybridized carbons (Fsp3) is 0.400. The van der Waals surface area contributed by atoms with Gasteiger partial charge in [0.25, 0.3) is 0 Å². The lowest BCUT2D eigenvalue weighted by atomic mass is 10.0. The second kappa shape index (κ2) is 5.53. The molecule has 0 aliphatic rings. The van der Waals surface area contributed by atoms with Crippen molar-refractivity contribution in [3.8, 4) is 10.4 Å². The molecule has 0 unspecified atom stereocenters. The molecule has 3 heteroatoms. The van der Waals surface area contributed by atoms with Gasteiger partial charge in [0.15, 0.2) is 5.13 Å². The number of nitrogens with one attached hydrogen (secondary N) is 1. The van der Waals surface area contributed by atoms with Gasteiger partial charge in [0.05, 0.1) is 4.88 Å². The Kier molecular flexibility index (Phi) is 4.02. The van der Waals surface area contributed by atoms with Gasteiger partial charge < -0.3 is 5.32 Å². The first-order chi connectivity index (χ1) is 8.58. The van der Waals surface area contributed by atoms with E-state index in [0.29, 0.717) is 5.92 Å². The first-order valence-corrected chi connectivity index (χ1v) is 7.16. The second-order valence-electron chi connectivity index (χ2n) is 5.07. The third-order valence-corrected chi connectivity index (χ3v) is 3.87. The van der Waals surface area contributed by atoms with E-state index in [9.17, 15) is 0 Å². The Morgan fingerprint density at radius 2 is 1.89 bits per heavy atom. The molecule has 96 valence electrons. The van der Waals surface area contributed by atoms with E-state index in [4.69, 9.17) is 0 Å². The van der Waals surface area contributed by atoms with Crippen LogP contribution in [0, 0.1) is 19.8 Å². The monoisotopic (exact) mass is 260 g/mol. The average molecular weight is 260 g/mol. The molecule has 0 fully saturated rings. The van der Waals surface area contributed by atoms with E-state index in [1.807, 2.05) is 6.20 Å². The number of nitrogens with zero attached hydrogens (tertiary/aromatic N) is 1. The Morgan fingerprint density at radius 1 is 1.22 bits per heavy atom. The summed E-state index contributed by atoms with van der Waals surface area (Å²) in [4.78, 5) is 5.70. The van der Waals surface area contributed by atoms with Crippen molar-refractivity contribution in [2.45, 2.75) is 27.7 Å². The standard InChI is InChI=1S/C15H20N2S/c1-10(2)8-16-15-17-9-13(18-15)14-11(3)6-5-7-12(14)4/h5-7,9-10H,8H2,1-4H3,(H,16,17). The van der Waals surface area contributed by atoms with Gasteiger partial charge in [-0.2, -0.15) is 0 Å². The molecule has 2 nitrogen and oxygen atoms in total. The minimum atomic E-state index is 0.637. The van der Waals surface area contributed by atoms with Gasteiger partial charge in [-0.15, -0.1) is 0 Å². The summed E-state index contributed by atoms with van der Waals surface area (Å²) in [6, 6.07) is 6.42. The van der Waals surface area contributed by atoms with Gasteiger partial charge in [0.1, 0.15) is 0 Å². The van der Waals surface area contributed by atoms with Crippen molar-refractivity contribution in [2.24, 2.45) is 5.92 Å². The van der Waals surface area contributed by atoms with E-state index >= 15 is 0 Å². The van der Waals surface area contributed by atoms with Crippen molar-refractivity contribution in [3.63, 3.8) is 0 Å². The molecular weight excluding hydrogens is 240 g/mol. The predicted molar refractivity (Wildman–Crippen MR) is 80.4 cm³/mol. The van der Waals surface area contributed by atoms with Gasteiger partial charge >= 0.3 is 0 Å². The maximum absolute atomic E-state index is 4.45. The van der Waals surface area contributed by atoms with Crippen LogP contribution in [0.25, 0.3) is 10.4 Å². The summed E-state index contributed by atoms with van der Waals surface area (Å²) in [7, 11) is 0. The molecule has 0 aliphatic heterocycles. The van der Waals surface area contributed by atoms with Gasteiger partial charge in [0.2, 0.25) is 0 Å². The lowest BCUT2D eigenvalue weighted by Gasteiger charge is -2.07. The maximum atomic E-state index is 4.45. The van der Waals surface area contributed by atoms with Gasteiger partial charge in [-0.25, -0.2) is 4.98 Å². The van der Waals surface area contributed by atoms with Gasteiger partial charge in [-0.05, 0) is 36.5 Å². The van der Waals surface area contributed by atoms with Crippen LogP contribution < -0.4 is 5.32 Å². The second-order valence-corrected chi connectivity index (χ2v) is 6.10. The highest BCUT2D eigenvalue weighted by Crippen LogP contribution is 2.33. The Hall–Kier alpha value is -1.35. The molecule has 1 N–H and O–H groups in total. The minimum Gasteiger partial charge on any atom is -0.361 e. The van der Waals surface area contributed by atoms with Crippen molar-refractivity contribution >= 4 is 16.5 Å². The molecule has 1 heterocycles. The fourth-order valence-electron chi connectivity index (χ4n) is 1.97. The van der Waals surface area contributed by atoms with E-state index < -0.39 is 0 Å². The highest BCUT2D eigenvalue weighted by Gasteiger charge is 2.09. The Morgan fingerprint density at radius 3 is 2.50 bits per heavy atom.